The minimum atomic E-state index is -3.89. The number of amides is 1. The average molecular weight is 493 g/mol. The van der Waals surface area contributed by atoms with Gasteiger partial charge < -0.3 is 0 Å². The van der Waals surface area contributed by atoms with Crippen LogP contribution in [0.3, 0.4) is 0 Å². The minimum Gasteiger partial charge on any atom is -0.279 e. The van der Waals surface area contributed by atoms with Crippen LogP contribution in [0.15, 0.2) is 87.3 Å². The second-order valence-corrected chi connectivity index (χ2v) is 8.89. The van der Waals surface area contributed by atoms with Gasteiger partial charge in [-0.15, -0.1) is 0 Å². The van der Waals surface area contributed by atoms with Crippen LogP contribution in [0.5, 0.6) is 0 Å². The third kappa shape index (κ3) is 5.66. The number of nitrogens with zero attached hydrogens (tertiary/aromatic N) is 1. The highest BCUT2D eigenvalue weighted by molar-refractivity contribution is 9.10. The predicted molar refractivity (Wildman–Crippen MR) is 118 cm³/mol. The molecular weight excluding hydrogens is 478 g/mol. The average Bonchev–Trinajstić information content (AvgIpc) is 2.68. The minimum absolute atomic E-state index is 0.0322. The van der Waals surface area contributed by atoms with E-state index in [0.29, 0.717) is 5.02 Å². The summed E-state index contributed by atoms with van der Waals surface area (Å²) in [5.41, 5.74) is 3.46. The molecule has 2 N–H and O–H groups in total. The quantitative estimate of drug-likeness (QED) is 0.387. The van der Waals surface area contributed by atoms with Crippen LogP contribution in [0.4, 0.5) is 5.69 Å². The zero-order valence-corrected chi connectivity index (χ0v) is 18.0. The third-order valence-electron chi connectivity index (χ3n) is 3.77. The van der Waals surface area contributed by atoms with Crippen LogP contribution in [0.1, 0.15) is 15.9 Å². The van der Waals surface area contributed by atoms with Crippen molar-refractivity contribution in [1.82, 2.24) is 5.43 Å². The lowest BCUT2D eigenvalue weighted by Crippen LogP contribution is -2.21. The van der Waals surface area contributed by atoms with Gasteiger partial charge in [-0.25, -0.2) is 13.8 Å². The summed E-state index contributed by atoms with van der Waals surface area (Å²) < 4.78 is 28.5. The highest BCUT2D eigenvalue weighted by Crippen LogP contribution is 2.21. The smallest absolute Gasteiger partial charge is 0.273 e. The van der Waals surface area contributed by atoms with Crippen molar-refractivity contribution >= 4 is 55.4 Å². The normalized spacial score (nSPS) is 11.4. The number of halogens is 2. The fraction of sp³-hybridized carbons (Fsp3) is 0. The second-order valence-electron chi connectivity index (χ2n) is 5.86. The van der Waals surface area contributed by atoms with Crippen molar-refractivity contribution in [2.24, 2.45) is 5.10 Å². The first-order valence-corrected chi connectivity index (χ1v) is 11.0. The Morgan fingerprint density at radius 3 is 2.45 bits per heavy atom. The molecule has 1 amide bonds. The maximum absolute atomic E-state index is 12.6. The molecule has 0 unspecified atom stereocenters. The molecule has 0 aromatic heterocycles. The van der Waals surface area contributed by atoms with E-state index in [1.165, 1.54) is 42.6 Å². The Morgan fingerprint density at radius 1 is 1.00 bits per heavy atom. The molecule has 0 heterocycles. The topological polar surface area (TPSA) is 87.6 Å². The van der Waals surface area contributed by atoms with E-state index in [4.69, 9.17) is 11.6 Å². The van der Waals surface area contributed by atoms with E-state index in [0.717, 1.165) is 10.0 Å². The molecule has 0 radical (unpaired) electrons. The Balaban J connectivity index is 1.77. The molecule has 0 spiro atoms. The van der Waals surface area contributed by atoms with Gasteiger partial charge >= 0.3 is 0 Å². The highest BCUT2D eigenvalue weighted by atomic mass is 79.9. The number of carbonyl (C=O) groups excluding carboxylic acids is 1. The second kappa shape index (κ2) is 9.21. The number of benzene rings is 3. The molecule has 3 aromatic carbocycles. The molecule has 0 saturated heterocycles. The van der Waals surface area contributed by atoms with Crippen molar-refractivity contribution in [1.29, 1.82) is 0 Å². The maximum Gasteiger partial charge on any atom is 0.273 e. The van der Waals surface area contributed by atoms with Gasteiger partial charge in [-0.1, -0.05) is 51.8 Å². The van der Waals surface area contributed by atoms with Crippen LogP contribution >= 0.6 is 27.5 Å². The summed E-state index contributed by atoms with van der Waals surface area (Å²) in [5, 5.41) is 4.35. The number of carbonyl (C=O) groups is 1. The summed E-state index contributed by atoms with van der Waals surface area (Å²) in [4.78, 5) is 12.5. The van der Waals surface area contributed by atoms with Crippen LogP contribution in [0, 0.1) is 0 Å². The molecule has 0 bridgehead atoms. The molecule has 0 aliphatic rings. The molecule has 148 valence electrons. The largest absolute Gasteiger partial charge is 0.279 e. The number of anilines is 1. The summed E-state index contributed by atoms with van der Waals surface area (Å²) in [5.74, 6) is -0.550. The van der Waals surface area contributed by atoms with Crippen molar-refractivity contribution in [3.05, 3.63) is 93.4 Å². The molecule has 9 heteroatoms. The lowest BCUT2D eigenvalue weighted by atomic mass is 10.2. The monoisotopic (exact) mass is 491 g/mol. The van der Waals surface area contributed by atoms with Crippen LogP contribution < -0.4 is 10.1 Å². The van der Waals surface area contributed by atoms with E-state index in [1.54, 1.807) is 12.1 Å². The van der Waals surface area contributed by atoms with Gasteiger partial charge in [0, 0.05) is 9.50 Å². The number of para-hydroxylation sites is 1. The Kier molecular flexibility index (Phi) is 6.68. The van der Waals surface area contributed by atoms with E-state index < -0.39 is 15.9 Å². The molecule has 0 saturated carbocycles. The van der Waals surface area contributed by atoms with E-state index in [2.05, 4.69) is 31.2 Å². The lowest BCUT2D eigenvalue weighted by molar-refractivity contribution is 0.0956. The van der Waals surface area contributed by atoms with Gasteiger partial charge in [-0.05, 0) is 54.1 Å². The first kappa shape index (κ1) is 21.0. The summed E-state index contributed by atoms with van der Waals surface area (Å²) in [6, 6.07) is 19.4. The zero-order valence-electron chi connectivity index (χ0n) is 14.8. The third-order valence-corrected chi connectivity index (χ3v) is 5.89. The first-order valence-electron chi connectivity index (χ1n) is 8.31. The van der Waals surface area contributed by atoms with Gasteiger partial charge in [0.2, 0.25) is 0 Å². The molecule has 6 nitrogen and oxygen atoms in total. The summed E-state index contributed by atoms with van der Waals surface area (Å²) in [6.45, 7) is 0. The summed E-state index contributed by atoms with van der Waals surface area (Å²) >= 11 is 9.16. The number of rotatable bonds is 6. The van der Waals surface area contributed by atoms with E-state index in [9.17, 15) is 13.2 Å². The lowest BCUT2D eigenvalue weighted by Gasteiger charge is -2.11. The molecule has 3 aromatic rings. The van der Waals surface area contributed by atoms with Crippen molar-refractivity contribution in [3.8, 4) is 0 Å². The van der Waals surface area contributed by atoms with Gasteiger partial charge in [0.25, 0.3) is 15.9 Å². The summed E-state index contributed by atoms with van der Waals surface area (Å²) in [6.07, 6.45) is 1.49. The van der Waals surface area contributed by atoms with Crippen LogP contribution in [-0.4, -0.2) is 20.5 Å². The van der Waals surface area contributed by atoms with Crippen LogP contribution in [0.2, 0.25) is 5.02 Å². The van der Waals surface area contributed by atoms with Gasteiger partial charge in [-0.2, -0.15) is 5.10 Å². The van der Waals surface area contributed by atoms with Crippen molar-refractivity contribution < 1.29 is 13.2 Å². The zero-order chi connectivity index (χ0) is 20.9. The first-order chi connectivity index (χ1) is 13.8. The van der Waals surface area contributed by atoms with Crippen molar-refractivity contribution in [2.75, 3.05) is 4.72 Å². The Morgan fingerprint density at radius 2 is 1.72 bits per heavy atom. The number of sulfonamides is 1. The van der Waals surface area contributed by atoms with E-state index >= 15 is 0 Å². The maximum atomic E-state index is 12.6. The number of nitrogens with one attached hydrogen (secondary N) is 2. The van der Waals surface area contributed by atoms with Gasteiger partial charge in [0.15, 0.2) is 0 Å². The Hall–Kier alpha value is -2.68. The predicted octanol–water partition coefficient (Wildman–Crippen LogP) is 4.67. The molecule has 29 heavy (non-hydrogen) atoms. The summed E-state index contributed by atoms with van der Waals surface area (Å²) in [7, 11) is -3.89. The van der Waals surface area contributed by atoms with Gasteiger partial charge in [0.1, 0.15) is 0 Å². The van der Waals surface area contributed by atoms with Crippen molar-refractivity contribution in [3.63, 3.8) is 0 Å². The fourth-order valence-electron chi connectivity index (χ4n) is 2.40. The Bertz CT molecular complexity index is 1170. The Labute approximate surface area is 181 Å². The number of hydrogen-bond acceptors (Lipinski definition) is 4. The van der Waals surface area contributed by atoms with E-state index in [1.807, 2.05) is 24.3 Å². The standard InChI is InChI=1S/C20H15BrClN3O3S/c21-15-5-3-4-14(12-15)13-23-24-20(26)18-6-1-2-7-19(18)25-29(27,28)17-10-8-16(22)9-11-17/h1-13,25H,(H,24,26)/b23-13-. The molecule has 0 fully saturated rings. The van der Waals surface area contributed by atoms with Crippen LogP contribution in [-0.2, 0) is 10.0 Å². The van der Waals surface area contributed by atoms with E-state index in [-0.39, 0.29) is 16.1 Å². The molecule has 0 atom stereocenters. The molecule has 0 aliphatic carbocycles. The van der Waals surface area contributed by atoms with Crippen LogP contribution in [0.25, 0.3) is 0 Å². The number of hydrazone groups is 1. The number of hydrogen-bond donors (Lipinski definition) is 2. The molecular formula is C20H15BrClN3O3S. The molecule has 0 aliphatic heterocycles. The highest BCUT2D eigenvalue weighted by Gasteiger charge is 2.18. The SMILES string of the molecule is O=C(N/N=C\c1cccc(Br)c1)c1ccccc1NS(=O)(=O)c1ccc(Cl)cc1. The van der Waals surface area contributed by atoms with Gasteiger partial charge in [-0.3, -0.25) is 9.52 Å². The fourth-order valence-corrected chi connectivity index (χ4v) is 4.02. The van der Waals surface area contributed by atoms with Gasteiger partial charge in [0.05, 0.1) is 22.4 Å². The molecule has 3 rings (SSSR count). The van der Waals surface area contributed by atoms with Crippen molar-refractivity contribution in [2.45, 2.75) is 4.90 Å².